The number of hydrogen-bond donors (Lipinski definition) is 1. The van der Waals surface area contributed by atoms with Gasteiger partial charge in [-0.2, -0.15) is 0 Å². The molecule has 0 aromatic carbocycles. The van der Waals surface area contributed by atoms with Crippen molar-refractivity contribution in [3.8, 4) is 0 Å². The van der Waals surface area contributed by atoms with E-state index in [1.54, 1.807) is 18.2 Å². The Labute approximate surface area is 108 Å². The first-order valence-electron chi connectivity index (χ1n) is 5.49. The Morgan fingerprint density at radius 3 is 2.12 bits per heavy atom. The van der Waals surface area contributed by atoms with E-state index in [1.165, 1.54) is 0 Å². The molecule has 0 atom stereocenters. The van der Waals surface area contributed by atoms with Gasteiger partial charge in [0, 0.05) is 10.6 Å². The fourth-order valence-corrected chi connectivity index (χ4v) is 1.39. The van der Waals surface area contributed by atoms with E-state index in [1.807, 2.05) is 27.7 Å². The molecule has 1 heterocycles. The quantitative estimate of drug-likeness (QED) is 0.623. The van der Waals surface area contributed by atoms with Crippen molar-refractivity contribution in [3.63, 3.8) is 0 Å². The summed E-state index contributed by atoms with van der Waals surface area (Å²) >= 11 is 5.60. The van der Waals surface area contributed by atoms with Gasteiger partial charge in [-0.3, -0.25) is 0 Å². The number of rotatable bonds is 3. The molecule has 0 aliphatic carbocycles. The van der Waals surface area contributed by atoms with Gasteiger partial charge >= 0.3 is 7.12 Å². The summed E-state index contributed by atoms with van der Waals surface area (Å²) in [5, 5.41) is 0.447. The molecule has 5 heteroatoms. The number of allylic oxidation sites excluding steroid dienone is 4. The van der Waals surface area contributed by atoms with Gasteiger partial charge < -0.3 is 15.0 Å². The highest BCUT2D eigenvalue weighted by Crippen LogP contribution is 2.37. The minimum atomic E-state index is -0.520. The third-order valence-corrected chi connectivity index (χ3v) is 3.22. The minimum Gasteiger partial charge on any atom is -0.405 e. The molecule has 3 nitrogen and oxygen atoms in total. The van der Waals surface area contributed by atoms with Crippen LogP contribution in [-0.2, 0) is 9.31 Å². The zero-order valence-corrected chi connectivity index (χ0v) is 11.5. The smallest absolute Gasteiger partial charge is 0.405 e. The standard InChI is InChI=1S/C12H19BClNO2/c1-9(14)7-6-8-10(15)13-16-11(2,3)12(4,5)17-13/h6-8H,1,15H2,2-5H3/b7-6-,10-8-. The van der Waals surface area contributed by atoms with Gasteiger partial charge in [0.05, 0.1) is 11.2 Å². The summed E-state index contributed by atoms with van der Waals surface area (Å²) in [6, 6.07) is 0. The largest absolute Gasteiger partial charge is 0.511 e. The highest BCUT2D eigenvalue weighted by atomic mass is 35.5. The van der Waals surface area contributed by atoms with Gasteiger partial charge in [-0.05, 0) is 39.8 Å². The van der Waals surface area contributed by atoms with Crippen LogP contribution in [0.4, 0.5) is 0 Å². The Morgan fingerprint density at radius 1 is 1.24 bits per heavy atom. The van der Waals surface area contributed by atoms with Crippen molar-refractivity contribution in [3.05, 3.63) is 35.4 Å². The van der Waals surface area contributed by atoms with Crippen LogP contribution in [0.25, 0.3) is 0 Å². The van der Waals surface area contributed by atoms with Crippen LogP contribution in [0.1, 0.15) is 27.7 Å². The predicted molar refractivity (Wildman–Crippen MR) is 72.5 cm³/mol. The van der Waals surface area contributed by atoms with Crippen LogP contribution >= 0.6 is 11.6 Å². The molecule has 1 fully saturated rings. The Morgan fingerprint density at radius 2 is 1.71 bits per heavy atom. The third kappa shape index (κ3) is 3.38. The van der Waals surface area contributed by atoms with Crippen LogP contribution in [-0.4, -0.2) is 18.3 Å². The molecule has 94 valence electrons. The Hall–Kier alpha value is -0.705. The van der Waals surface area contributed by atoms with Crippen molar-refractivity contribution >= 4 is 18.7 Å². The molecule has 1 rings (SSSR count). The molecule has 1 aliphatic heterocycles. The van der Waals surface area contributed by atoms with Gasteiger partial charge in [-0.15, -0.1) is 0 Å². The summed E-state index contributed by atoms with van der Waals surface area (Å²) in [7, 11) is -0.520. The number of halogens is 1. The fourth-order valence-electron chi connectivity index (χ4n) is 1.32. The molecule has 0 unspecified atom stereocenters. The minimum absolute atomic E-state index is 0.379. The highest BCUT2D eigenvalue weighted by molar-refractivity contribution is 6.54. The van der Waals surface area contributed by atoms with Gasteiger partial charge in [0.25, 0.3) is 0 Å². The molecule has 0 bridgehead atoms. The van der Waals surface area contributed by atoms with Crippen LogP contribution < -0.4 is 5.73 Å². The van der Waals surface area contributed by atoms with Crippen molar-refractivity contribution in [2.75, 3.05) is 0 Å². The van der Waals surface area contributed by atoms with Crippen molar-refractivity contribution in [2.24, 2.45) is 5.73 Å². The molecule has 0 radical (unpaired) electrons. The maximum atomic E-state index is 5.89. The lowest BCUT2D eigenvalue weighted by Crippen LogP contribution is -2.41. The molecule has 0 spiro atoms. The van der Waals surface area contributed by atoms with Crippen molar-refractivity contribution < 1.29 is 9.31 Å². The molecular weight excluding hydrogens is 236 g/mol. The van der Waals surface area contributed by atoms with Gasteiger partial charge in [-0.1, -0.05) is 24.3 Å². The summed E-state index contributed by atoms with van der Waals surface area (Å²) in [6.45, 7) is 11.5. The van der Waals surface area contributed by atoms with Crippen LogP contribution in [0.15, 0.2) is 35.4 Å². The SMILES string of the molecule is C=C(Cl)/C=C\C=C(/N)B1OC(C)(C)C(C)(C)O1. The van der Waals surface area contributed by atoms with Gasteiger partial charge in [0.1, 0.15) is 0 Å². The Balaban J connectivity index is 2.74. The summed E-state index contributed by atoms with van der Waals surface area (Å²) < 4.78 is 11.6. The fraction of sp³-hybridized carbons (Fsp3) is 0.500. The van der Waals surface area contributed by atoms with Crippen molar-refractivity contribution in [1.29, 1.82) is 0 Å². The van der Waals surface area contributed by atoms with E-state index in [0.717, 1.165) is 0 Å². The van der Waals surface area contributed by atoms with E-state index in [-0.39, 0.29) is 11.2 Å². The first-order valence-corrected chi connectivity index (χ1v) is 5.87. The third-order valence-electron chi connectivity index (χ3n) is 3.09. The summed E-state index contributed by atoms with van der Waals surface area (Å²) in [5.41, 5.74) is 5.65. The monoisotopic (exact) mass is 255 g/mol. The van der Waals surface area contributed by atoms with E-state index in [0.29, 0.717) is 10.6 Å². The maximum Gasteiger partial charge on any atom is 0.511 e. The number of hydrogen-bond acceptors (Lipinski definition) is 3. The highest BCUT2D eigenvalue weighted by Gasteiger charge is 2.52. The van der Waals surface area contributed by atoms with Crippen LogP contribution in [0, 0.1) is 0 Å². The topological polar surface area (TPSA) is 44.5 Å². The average Bonchev–Trinajstić information content (AvgIpc) is 2.35. The van der Waals surface area contributed by atoms with Crippen LogP contribution in [0.3, 0.4) is 0 Å². The van der Waals surface area contributed by atoms with Crippen LogP contribution in [0.5, 0.6) is 0 Å². The average molecular weight is 256 g/mol. The van der Waals surface area contributed by atoms with E-state index in [9.17, 15) is 0 Å². The summed E-state index contributed by atoms with van der Waals surface area (Å²) in [5.74, 6) is 0. The zero-order valence-electron chi connectivity index (χ0n) is 10.8. The van der Waals surface area contributed by atoms with Crippen molar-refractivity contribution in [2.45, 2.75) is 38.9 Å². The summed E-state index contributed by atoms with van der Waals surface area (Å²) in [6.07, 6.45) is 5.07. The number of nitrogens with two attached hydrogens (primary N) is 1. The van der Waals surface area contributed by atoms with E-state index in [4.69, 9.17) is 26.6 Å². The Bertz CT molecular complexity index is 359. The lowest BCUT2D eigenvalue weighted by Gasteiger charge is -2.32. The van der Waals surface area contributed by atoms with Crippen molar-refractivity contribution in [1.82, 2.24) is 0 Å². The molecule has 0 aromatic heterocycles. The summed E-state index contributed by atoms with van der Waals surface area (Å²) in [4.78, 5) is 0. The van der Waals surface area contributed by atoms with Crippen LogP contribution in [0.2, 0.25) is 0 Å². The second-order valence-electron chi connectivity index (χ2n) is 5.06. The first-order chi connectivity index (χ1) is 7.66. The lowest BCUT2D eigenvalue weighted by molar-refractivity contribution is 0.00578. The van der Waals surface area contributed by atoms with Gasteiger partial charge in [0.15, 0.2) is 0 Å². The molecule has 0 saturated carbocycles. The second kappa shape index (κ2) is 4.88. The molecular formula is C12H19BClNO2. The molecule has 1 aliphatic rings. The second-order valence-corrected chi connectivity index (χ2v) is 5.55. The lowest BCUT2D eigenvalue weighted by atomic mass is 9.85. The Kier molecular flexibility index (Phi) is 4.13. The normalized spacial score (nSPS) is 23.4. The molecule has 1 saturated heterocycles. The van der Waals surface area contributed by atoms with E-state index < -0.39 is 7.12 Å². The first kappa shape index (κ1) is 14.4. The zero-order chi connectivity index (χ0) is 13.3. The maximum absolute atomic E-state index is 5.89. The molecule has 17 heavy (non-hydrogen) atoms. The van der Waals surface area contributed by atoms with E-state index in [2.05, 4.69) is 6.58 Å². The van der Waals surface area contributed by atoms with Gasteiger partial charge in [0.2, 0.25) is 0 Å². The molecule has 0 aromatic rings. The molecule has 0 amide bonds. The molecule has 2 N–H and O–H groups in total. The predicted octanol–water partition coefficient (Wildman–Crippen LogP) is 2.77. The van der Waals surface area contributed by atoms with Gasteiger partial charge in [-0.25, -0.2) is 0 Å². The van der Waals surface area contributed by atoms with E-state index >= 15 is 0 Å².